The maximum Gasteiger partial charge on any atom is 0.126 e. The van der Waals surface area contributed by atoms with Gasteiger partial charge in [-0.3, -0.25) is 0 Å². The second kappa shape index (κ2) is 3.29. The van der Waals surface area contributed by atoms with Crippen LogP contribution in [0.3, 0.4) is 0 Å². The maximum atomic E-state index is 5.56. The van der Waals surface area contributed by atoms with Gasteiger partial charge in [-0.2, -0.15) is 0 Å². The molecule has 1 unspecified atom stereocenters. The van der Waals surface area contributed by atoms with E-state index in [0.29, 0.717) is 5.92 Å². The van der Waals surface area contributed by atoms with Crippen LogP contribution >= 0.6 is 0 Å². The van der Waals surface area contributed by atoms with Gasteiger partial charge < -0.3 is 9.47 Å². The van der Waals surface area contributed by atoms with Crippen LogP contribution in [0, 0.1) is 0 Å². The fourth-order valence-electron chi connectivity index (χ4n) is 1.80. The number of hydrogen-bond acceptors (Lipinski definition) is 2. The topological polar surface area (TPSA) is 18.5 Å². The van der Waals surface area contributed by atoms with Gasteiger partial charge >= 0.3 is 0 Å². The van der Waals surface area contributed by atoms with E-state index in [-0.39, 0.29) is 0 Å². The summed E-state index contributed by atoms with van der Waals surface area (Å²) < 4.78 is 10.9. The second-order valence-corrected chi connectivity index (χ2v) is 3.41. The second-order valence-electron chi connectivity index (χ2n) is 3.41. The summed E-state index contributed by atoms with van der Waals surface area (Å²) in [5.74, 6) is 2.47. The van der Waals surface area contributed by atoms with E-state index < -0.39 is 0 Å². The van der Waals surface area contributed by atoms with Crippen molar-refractivity contribution in [3.8, 4) is 11.5 Å². The maximum absolute atomic E-state index is 5.56. The predicted octanol–water partition coefficient (Wildman–Crippen LogP) is 2.58. The van der Waals surface area contributed by atoms with E-state index in [1.807, 2.05) is 18.2 Å². The number of hydrogen-bond donors (Lipinski definition) is 0. The molecule has 13 heavy (non-hydrogen) atoms. The normalized spacial score (nSPS) is 20.3. The molecule has 2 heteroatoms. The molecule has 0 amide bonds. The molecule has 70 valence electrons. The standard InChI is InChI=1S/C11H14O2/c1-8-6-7-13-10-5-3-4-9(12-2)11(8)10/h3-5,8H,6-7H2,1-2H3. The molecular formula is C11H14O2. The molecule has 0 saturated heterocycles. The Morgan fingerprint density at radius 2 is 2.31 bits per heavy atom. The van der Waals surface area contributed by atoms with Crippen LogP contribution < -0.4 is 9.47 Å². The molecule has 1 atom stereocenters. The van der Waals surface area contributed by atoms with E-state index in [1.165, 1.54) is 5.56 Å². The first-order valence-electron chi connectivity index (χ1n) is 4.62. The zero-order chi connectivity index (χ0) is 9.26. The lowest BCUT2D eigenvalue weighted by molar-refractivity contribution is 0.266. The number of benzene rings is 1. The Kier molecular flexibility index (Phi) is 2.13. The molecule has 1 aliphatic heterocycles. The van der Waals surface area contributed by atoms with Crippen molar-refractivity contribution in [3.05, 3.63) is 23.8 Å². The molecule has 0 radical (unpaired) electrons. The lowest BCUT2D eigenvalue weighted by atomic mass is 9.94. The van der Waals surface area contributed by atoms with E-state index in [0.717, 1.165) is 24.5 Å². The smallest absolute Gasteiger partial charge is 0.126 e. The van der Waals surface area contributed by atoms with Gasteiger partial charge in [0.25, 0.3) is 0 Å². The Morgan fingerprint density at radius 1 is 1.46 bits per heavy atom. The molecular weight excluding hydrogens is 164 g/mol. The van der Waals surface area contributed by atoms with Crippen LogP contribution in [0.2, 0.25) is 0 Å². The van der Waals surface area contributed by atoms with Crippen LogP contribution in [-0.4, -0.2) is 13.7 Å². The largest absolute Gasteiger partial charge is 0.496 e. The molecule has 1 aromatic rings. The van der Waals surface area contributed by atoms with E-state index in [2.05, 4.69) is 6.92 Å². The highest BCUT2D eigenvalue weighted by Gasteiger charge is 2.21. The van der Waals surface area contributed by atoms with Crippen molar-refractivity contribution in [2.45, 2.75) is 19.3 Å². The Balaban J connectivity index is 2.50. The van der Waals surface area contributed by atoms with Crippen LogP contribution in [0.5, 0.6) is 11.5 Å². The van der Waals surface area contributed by atoms with Crippen molar-refractivity contribution in [1.29, 1.82) is 0 Å². The van der Waals surface area contributed by atoms with E-state index in [1.54, 1.807) is 7.11 Å². The lowest BCUT2D eigenvalue weighted by Gasteiger charge is -2.24. The predicted molar refractivity (Wildman–Crippen MR) is 51.5 cm³/mol. The number of ether oxygens (including phenoxy) is 2. The minimum Gasteiger partial charge on any atom is -0.496 e. The number of fused-ring (bicyclic) bond motifs is 1. The quantitative estimate of drug-likeness (QED) is 0.658. The van der Waals surface area contributed by atoms with Crippen molar-refractivity contribution in [2.75, 3.05) is 13.7 Å². The van der Waals surface area contributed by atoms with Crippen LogP contribution in [0.4, 0.5) is 0 Å². The van der Waals surface area contributed by atoms with Crippen molar-refractivity contribution < 1.29 is 9.47 Å². The van der Waals surface area contributed by atoms with Gasteiger partial charge in [0.1, 0.15) is 11.5 Å². The van der Waals surface area contributed by atoms with Crippen LogP contribution in [0.25, 0.3) is 0 Å². The summed E-state index contributed by atoms with van der Waals surface area (Å²) in [4.78, 5) is 0. The molecule has 0 N–H and O–H groups in total. The fraction of sp³-hybridized carbons (Fsp3) is 0.455. The molecule has 0 saturated carbocycles. The molecule has 1 aliphatic rings. The van der Waals surface area contributed by atoms with Crippen LogP contribution in [0.1, 0.15) is 24.8 Å². The Labute approximate surface area is 78.5 Å². The summed E-state index contributed by atoms with van der Waals surface area (Å²) in [6, 6.07) is 5.97. The lowest BCUT2D eigenvalue weighted by Crippen LogP contribution is -2.12. The van der Waals surface area contributed by atoms with Gasteiger partial charge in [-0.05, 0) is 24.5 Å². The van der Waals surface area contributed by atoms with Crippen molar-refractivity contribution in [2.24, 2.45) is 0 Å². The molecule has 1 heterocycles. The molecule has 0 bridgehead atoms. The van der Waals surface area contributed by atoms with E-state index in [9.17, 15) is 0 Å². The van der Waals surface area contributed by atoms with Crippen molar-refractivity contribution in [1.82, 2.24) is 0 Å². The molecule has 0 aliphatic carbocycles. The van der Waals surface area contributed by atoms with Gasteiger partial charge in [0.2, 0.25) is 0 Å². The molecule has 0 aromatic heterocycles. The highest BCUT2D eigenvalue weighted by Crippen LogP contribution is 2.39. The van der Waals surface area contributed by atoms with Gasteiger partial charge in [-0.15, -0.1) is 0 Å². The third-order valence-corrected chi connectivity index (χ3v) is 2.55. The average molecular weight is 178 g/mol. The van der Waals surface area contributed by atoms with Gasteiger partial charge in [0.15, 0.2) is 0 Å². The monoisotopic (exact) mass is 178 g/mol. The minimum absolute atomic E-state index is 0.542. The zero-order valence-corrected chi connectivity index (χ0v) is 8.04. The van der Waals surface area contributed by atoms with E-state index >= 15 is 0 Å². The zero-order valence-electron chi connectivity index (χ0n) is 8.04. The highest BCUT2D eigenvalue weighted by molar-refractivity contribution is 5.47. The first-order chi connectivity index (χ1) is 6.33. The molecule has 1 aromatic carbocycles. The van der Waals surface area contributed by atoms with Crippen LogP contribution in [0.15, 0.2) is 18.2 Å². The third-order valence-electron chi connectivity index (χ3n) is 2.55. The molecule has 0 fully saturated rings. The van der Waals surface area contributed by atoms with Gasteiger partial charge in [-0.25, -0.2) is 0 Å². The van der Waals surface area contributed by atoms with Gasteiger partial charge in [0.05, 0.1) is 13.7 Å². The van der Waals surface area contributed by atoms with Crippen LogP contribution in [-0.2, 0) is 0 Å². The first kappa shape index (κ1) is 8.42. The third kappa shape index (κ3) is 1.37. The fourth-order valence-corrected chi connectivity index (χ4v) is 1.80. The summed E-state index contributed by atoms with van der Waals surface area (Å²) in [6.07, 6.45) is 1.08. The Hall–Kier alpha value is -1.18. The Morgan fingerprint density at radius 3 is 3.08 bits per heavy atom. The minimum atomic E-state index is 0.542. The number of rotatable bonds is 1. The molecule has 0 spiro atoms. The van der Waals surface area contributed by atoms with E-state index in [4.69, 9.17) is 9.47 Å². The first-order valence-corrected chi connectivity index (χ1v) is 4.62. The average Bonchev–Trinajstić information content (AvgIpc) is 2.17. The molecule has 2 nitrogen and oxygen atoms in total. The number of methoxy groups -OCH3 is 1. The van der Waals surface area contributed by atoms with Crippen molar-refractivity contribution in [3.63, 3.8) is 0 Å². The summed E-state index contributed by atoms with van der Waals surface area (Å²) in [7, 11) is 1.71. The van der Waals surface area contributed by atoms with Crippen molar-refractivity contribution >= 4 is 0 Å². The highest BCUT2D eigenvalue weighted by atomic mass is 16.5. The summed E-state index contributed by atoms with van der Waals surface area (Å²) in [5.41, 5.74) is 1.22. The SMILES string of the molecule is COc1cccc2c1C(C)CCO2. The summed E-state index contributed by atoms with van der Waals surface area (Å²) in [5, 5.41) is 0. The summed E-state index contributed by atoms with van der Waals surface area (Å²) >= 11 is 0. The van der Waals surface area contributed by atoms with Gasteiger partial charge in [0, 0.05) is 5.56 Å². The summed E-state index contributed by atoms with van der Waals surface area (Å²) in [6.45, 7) is 3.03. The molecule has 2 rings (SSSR count). The Bertz CT molecular complexity index is 293. The van der Waals surface area contributed by atoms with Gasteiger partial charge in [-0.1, -0.05) is 13.0 Å².